The third-order valence-corrected chi connectivity index (χ3v) is 5.99. The van der Waals surface area contributed by atoms with Crippen molar-refractivity contribution in [2.24, 2.45) is 0 Å². The van der Waals surface area contributed by atoms with Crippen molar-refractivity contribution >= 4 is 42.1 Å². The lowest BCUT2D eigenvalue weighted by Crippen LogP contribution is -2.49. The van der Waals surface area contributed by atoms with E-state index in [2.05, 4.69) is 34.9 Å². The summed E-state index contributed by atoms with van der Waals surface area (Å²) in [6, 6.07) is 24.3. The summed E-state index contributed by atoms with van der Waals surface area (Å²) in [5.41, 5.74) is 4.78. The molecular weight excluding hydrogens is 479 g/mol. The SMILES string of the molecule is Cc1ccc(Cl)cc1N1CCN(CC(O)COc2ccc(-c3ccccc3)cc2)CC1.Cl.Cl. The zero-order chi connectivity index (χ0) is 21.6. The first-order chi connectivity index (χ1) is 15.1. The minimum Gasteiger partial charge on any atom is -0.491 e. The molecule has 1 heterocycles. The van der Waals surface area contributed by atoms with Gasteiger partial charge in [0.25, 0.3) is 0 Å². The number of ether oxygens (including phenoxy) is 1. The van der Waals surface area contributed by atoms with E-state index in [4.69, 9.17) is 16.3 Å². The van der Waals surface area contributed by atoms with Crippen LogP contribution in [0.1, 0.15) is 5.56 Å². The van der Waals surface area contributed by atoms with Crippen LogP contribution >= 0.6 is 36.4 Å². The van der Waals surface area contributed by atoms with E-state index >= 15 is 0 Å². The number of anilines is 1. The molecule has 0 amide bonds. The van der Waals surface area contributed by atoms with Crippen molar-refractivity contribution in [3.63, 3.8) is 0 Å². The molecule has 7 heteroatoms. The Hall–Kier alpha value is -1.95. The monoisotopic (exact) mass is 508 g/mol. The molecule has 3 aromatic carbocycles. The van der Waals surface area contributed by atoms with Gasteiger partial charge in [-0.3, -0.25) is 4.90 Å². The number of β-amino-alcohol motifs (C(OH)–C–C–N with tert-alkyl or cyclic N) is 1. The maximum atomic E-state index is 10.5. The maximum absolute atomic E-state index is 10.5. The van der Waals surface area contributed by atoms with Crippen LogP contribution in [0.2, 0.25) is 5.02 Å². The van der Waals surface area contributed by atoms with Gasteiger partial charge < -0.3 is 14.7 Å². The molecule has 1 atom stereocenters. The van der Waals surface area contributed by atoms with Gasteiger partial charge in [-0.2, -0.15) is 0 Å². The molecule has 178 valence electrons. The van der Waals surface area contributed by atoms with E-state index in [1.807, 2.05) is 54.6 Å². The molecule has 0 radical (unpaired) electrons. The normalized spacial score (nSPS) is 14.7. The first-order valence-electron chi connectivity index (χ1n) is 10.8. The van der Waals surface area contributed by atoms with Crippen LogP contribution in [0.4, 0.5) is 5.69 Å². The van der Waals surface area contributed by atoms with E-state index in [-0.39, 0.29) is 31.4 Å². The van der Waals surface area contributed by atoms with Gasteiger partial charge in [0.15, 0.2) is 0 Å². The van der Waals surface area contributed by atoms with Crippen molar-refractivity contribution in [3.8, 4) is 16.9 Å². The lowest BCUT2D eigenvalue weighted by molar-refractivity contribution is 0.0663. The molecule has 0 spiro atoms. The first-order valence-corrected chi connectivity index (χ1v) is 11.2. The van der Waals surface area contributed by atoms with Crippen molar-refractivity contribution in [3.05, 3.63) is 83.4 Å². The van der Waals surface area contributed by atoms with Crippen LogP contribution in [0, 0.1) is 6.92 Å². The third kappa shape index (κ3) is 7.53. The Morgan fingerprint density at radius 2 is 1.52 bits per heavy atom. The van der Waals surface area contributed by atoms with E-state index in [0.29, 0.717) is 6.54 Å². The lowest BCUT2D eigenvalue weighted by Gasteiger charge is -2.37. The van der Waals surface area contributed by atoms with Gasteiger partial charge in [0.2, 0.25) is 0 Å². The largest absolute Gasteiger partial charge is 0.491 e. The average molecular weight is 510 g/mol. The van der Waals surface area contributed by atoms with Crippen LogP contribution in [0.25, 0.3) is 11.1 Å². The second kappa shape index (κ2) is 13.1. The Bertz CT molecular complexity index is 979. The average Bonchev–Trinajstić information content (AvgIpc) is 2.81. The summed E-state index contributed by atoms with van der Waals surface area (Å²) in [5, 5.41) is 11.2. The number of aryl methyl sites for hydroxylation is 1. The van der Waals surface area contributed by atoms with Crippen molar-refractivity contribution in [1.82, 2.24) is 4.90 Å². The van der Waals surface area contributed by atoms with Crippen molar-refractivity contribution in [2.45, 2.75) is 13.0 Å². The van der Waals surface area contributed by atoms with E-state index in [9.17, 15) is 5.11 Å². The van der Waals surface area contributed by atoms with Gasteiger partial charge in [-0.05, 0) is 47.9 Å². The van der Waals surface area contributed by atoms with E-state index in [0.717, 1.165) is 42.5 Å². The molecule has 0 aliphatic carbocycles. The number of hydrogen-bond donors (Lipinski definition) is 1. The fourth-order valence-electron chi connectivity index (χ4n) is 4.01. The van der Waals surface area contributed by atoms with Crippen LogP contribution in [0.5, 0.6) is 5.75 Å². The van der Waals surface area contributed by atoms with Crippen LogP contribution in [-0.2, 0) is 0 Å². The highest BCUT2D eigenvalue weighted by Crippen LogP contribution is 2.25. The summed E-state index contributed by atoms with van der Waals surface area (Å²) in [5.74, 6) is 0.778. The molecule has 33 heavy (non-hydrogen) atoms. The standard InChI is InChI=1S/C26H29ClN2O2.2ClH/c1-20-7-10-23(27)17-26(20)29-15-13-28(14-16-29)18-24(30)19-31-25-11-8-22(9-12-25)21-5-3-2-4-6-21;;/h2-12,17,24,30H,13-16,18-19H2,1H3;2*1H. The molecule has 1 aliphatic heterocycles. The summed E-state index contributed by atoms with van der Waals surface area (Å²) in [4.78, 5) is 4.66. The van der Waals surface area contributed by atoms with Crippen molar-refractivity contribution in [2.75, 3.05) is 44.2 Å². The van der Waals surface area contributed by atoms with E-state index in [1.165, 1.54) is 16.8 Å². The number of piperazine rings is 1. The quantitative estimate of drug-likeness (QED) is 0.442. The van der Waals surface area contributed by atoms with E-state index in [1.54, 1.807) is 0 Å². The summed E-state index contributed by atoms with van der Waals surface area (Å²) in [6.07, 6.45) is -0.520. The zero-order valence-corrected chi connectivity index (χ0v) is 21.1. The van der Waals surface area contributed by atoms with Crippen LogP contribution in [0.3, 0.4) is 0 Å². The first kappa shape index (κ1) is 27.3. The van der Waals surface area contributed by atoms with Crippen LogP contribution in [0.15, 0.2) is 72.8 Å². The van der Waals surface area contributed by atoms with E-state index < -0.39 is 6.10 Å². The number of halogens is 3. The molecule has 4 nitrogen and oxygen atoms in total. The van der Waals surface area contributed by atoms with Crippen LogP contribution in [-0.4, -0.2) is 55.4 Å². The zero-order valence-electron chi connectivity index (χ0n) is 18.7. The van der Waals surface area contributed by atoms with Gasteiger partial charge in [-0.15, -0.1) is 24.8 Å². The minimum atomic E-state index is -0.520. The number of nitrogens with zero attached hydrogens (tertiary/aromatic N) is 2. The summed E-state index contributed by atoms with van der Waals surface area (Å²) >= 11 is 6.17. The smallest absolute Gasteiger partial charge is 0.119 e. The van der Waals surface area contributed by atoms with Crippen molar-refractivity contribution in [1.29, 1.82) is 0 Å². The van der Waals surface area contributed by atoms with Gasteiger partial charge in [0.05, 0.1) is 0 Å². The molecule has 1 unspecified atom stereocenters. The summed E-state index contributed by atoms with van der Waals surface area (Å²) < 4.78 is 5.82. The second-order valence-corrected chi connectivity index (χ2v) is 8.51. The Morgan fingerprint density at radius 3 is 2.18 bits per heavy atom. The molecule has 1 aliphatic rings. The van der Waals surface area contributed by atoms with Gasteiger partial charge in [-0.1, -0.05) is 60.1 Å². The minimum absolute atomic E-state index is 0. The van der Waals surface area contributed by atoms with Gasteiger partial charge >= 0.3 is 0 Å². The highest BCUT2D eigenvalue weighted by Gasteiger charge is 2.21. The number of aliphatic hydroxyl groups is 1. The predicted molar refractivity (Wildman–Crippen MR) is 143 cm³/mol. The Kier molecular flexibility index (Phi) is 10.8. The molecule has 0 bridgehead atoms. The number of benzene rings is 3. The molecular formula is C26H31Cl3N2O2. The van der Waals surface area contributed by atoms with Crippen LogP contribution < -0.4 is 9.64 Å². The highest BCUT2D eigenvalue weighted by atomic mass is 35.5. The number of hydrogen-bond acceptors (Lipinski definition) is 4. The highest BCUT2D eigenvalue weighted by molar-refractivity contribution is 6.30. The Balaban J connectivity index is 0.00000193. The van der Waals surface area contributed by atoms with Gasteiger partial charge in [0, 0.05) is 43.4 Å². The van der Waals surface area contributed by atoms with Crippen molar-refractivity contribution < 1.29 is 9.84 Å². The summed E-state index contributed by atoms with van der Waals surface area (Å²) in [7, 11) is 0. The molecule has 0 aromatic heterocycles. The fraction of sp³-hybridized carbons (Fsp3) is 0.308. The topological polar surface area (TPSA) is 35.9 Å². The molecule has 1 saturated heterocycles. The maximum Gasteiger partial charge on any atom is 0.119 e. The van der Waals surface area contributed by atoms with Gasteiger partial charge in [-0.25, -0.2) is 0 Å². The third-order valence-electron chi connectivity index (χ3n) is 5.76. The molecule has 1 N–H and O–H groups in total. The predicted octanol–water partition coefficient (Wildman–Crippen LogP) is 5.72. The molecule has 3 aromatic rings. The summed E-state index contributed by atoms with van der Waals surface area (Å²) in [6.45, 7) is 6.70. The van der Waals surface area contributed by atoms with Gasteiger partial charge in [0.1, 0.15) is 18.5 Å². The molecule has 1 fully saturated rings. The molecule has 0 saturated carbocycles. The molecule has 4 rings (SSSR count). The lowest BCUT2D eigenvalue weighted by atomic mass is 10.1. The Morgan fingerprint density at radius 1 is 0.879 bits per heavy atom. The fourth-order valence-corrected chi connectivity index (χ4v) is 4.18. The number of aliphatic hydroxyl groups excluding tert-OH is 1. The Labute approximate surface area is 213 Å². The second-order valence-electron chi connectivity index (χ2n) is 8.07. The number of rotatable bonds is 7.